The molecule has 0 fully saturated rings. The number of alkyl carbamates (subject to hydrolysis) is 1. The first-order chi connectivity index (χ1) is 16.3. The van der Waals surface area contributed by atoms with E-state index < -0.39 is 23.6 Å². The van der Waals surface area contributed by atoms with Gasteiger partial charge in [-0.2, -0.15) is 0 Å². The third-order valence-electron chi connectivity index (χ3n) is 5.15. The minimum absolute atomic E-state index is 0.0158. The van der Waals surface area contributed by atoms with Crippen molar-refractivity contribution in [1.82, 2.24) is 5.32 Å². The Morgan fingerprint density at radius 2 is 1.94 bits per heavy atom. The number of anilines is 1. The van der Waals surface area contributed by atoms with Crippen LogP contribution in [0.25, 0.3) is 0 Å². The van der Waals surface area contributed by atoms with Crippen molar-refractivity contribution < 1.29 is 23.5 Å². The van der Waals surface area contributed by atoms with Crippen LogP contribution >= 0.6 is 23.4 Å². The summed E-state index contributed by atoms with van der Waals surface area (Å²) in [6.07, 6.45) is -0.321. The van der Waals surface area contributed by atoms with E-state index in [-0.39, 0.29) is 34.9 Å². The first kappa shape index (κ1) is 27.0. The predicted molar refractivity (Wildman–Crippen MR) is 137 cm³/mol. The molecule has 0 aliphatic carbocycles. The minimum atomic E-state index is -0.880. The molecule has 2 aromatic carbocycles. The molecule has 0 unspecified atom stereocenters. The maximum Gasteiger partial charge on any atom is 0.408 e. The van der Waals surface area contributed by atoms with Gasteiger partial charge < -0.3 is 15.0 Å². The molecule has 2 aromatic rings. The highest BCUT2D eigenvalue weighted by Crippen LogP contribution is 2.37. The second-order valence-electron chi connectivity index (χ2n) is 9.89. The number of amides is 2. The second-order valence-corrected chi connectivity index (χ2v) is 11.4. The molecule has 1 heterocycles. The molecule has 0 spiro atoms. The summed E-state index contributed by atoms with van der Waals surface area (Å²) >= 11 is 7.23. The van der Waals surface area contributed by atoms with E-state index in [1.807, 2.05) is 19.9 Å². The Kier molecular flexibility index (Phi) is 8.49. The number of nitrogens with zero attached hydrogens (tertiary/aromatic N) is 1. The molecule has 2 amide bonds. The number of fused-ring (bicyclic) bond motifs is 1. The fourth-order valence-electron chi connectivity index (χ4n) is 3.60. The first-order valence-electron chi connectivity index (χ1n) is 11.4. The number of carbonyl (C=O) groups excluding carboxylic acids is 3. The van der Waals surface area contributed by atoms with E-state index in [0.717, 1.165) is 4.90 Å². The fourth-order valence-corrected chi connectivity index (χ4v) is 4.77. The van der Waals surface area contributed by atoms with Gasteiger partial charge in [0.05, 0.1) is 17.3 Å². The Morgan fingerprint density at radius 1 is 1.23 bits per heavy atom. The molecule has 0 saturated heterocycles. The lowest BCUT2D eigenvalue weighted by Crippen LogP contribution is -2.50. The molecule has 9 heteroatoms. The number of hydrogen-bond acceptors (Lipinski definition) is 5. The van der Waals surface area contributed by atoms with Gasteiger partial charge in [0.15, 0.2) is 5.78 Å². The maximum absolute atomic E-state index is 14.1. The van der Waals surface area contributed by atoms with Crippen molar-refractivity contribution in [3.63, 3.8) is 0 Å². The molecule has 0 bridgehead atoms. The van der Waals surface area contributed by atoms with Crippen LogP contribution in [0.3, 0.4) is 0 Å². The lowest BCUT2D eigenvalue weighted by Gasteiger charge is -2.27. The number of nitrogens with one attached hydrogen (secondary N) is 1. The number of ketones is 1. The van der Waals surface area contributed by atoms with Crippen LogP contribution in [0.1, 0.15) is 57.0 Å². The third kappa shape index (κ3) is 7.21. The molecule has 0 radical (unpaired) electrons. The van der Waals surface area contributed by atoms with Crippen molar-refractivity contribution in [2.75, 3.05) is 10.7 Å². The van der Waals surface area contributed by atoms with Gasteiger partial charge in [-0.25, -0.2) is 9.18 Å². The van der Waals surface area contributed by atoms with Gasteiger partial charge in [0, 0.05) is 22.6 Å². The number of hydrogen-bond donors (Lipinski definition) is 1. The highest BCUT2D eigenvalue weighted by Gasteiger charge is 2.33. The summed E-state index contributed by atoms with van der Waals surface area (Å²) in [6.45, 7) is 9.19. The molecule has 0 saturated carbocycles. The van der Waals surface area contributed by atoms with E-state index >= 15 is 0 Å². The molecule has 6 nitrogen and oxygen atoms in total. The van der Waals surface area contributed by atoms with Crippen molar-refractivity contribution in [2.24, 2.45) is 5.92 Å². The molecular weight excluding hydrogens is 491 g/mol. The summed E-state index contributed by atoms with van der Waals surface area (Å²) in [4.78, 5) is 41.1. The Labute approximate surface area is 214 Å². The molecule has 1 aliphatic heterocycles. The van der Waals surface area contributed by atoms with Crippen molar-refractivity contribution in [1.29, 1.82) is 0 Å². The molecule has 1 atom stereocenters. The second kappa shape index (κ2) is 11.0. The third-order valence-corrected chi connectivity index (χ3v) is 6.61. The Balaban J connectivity index is 1.99. The number of Topliss-reactive ketones (excluding diaryl/α,β-unsaturated/α-hetero) is 1. The molecule has 3 rings (SSSR count). The van der Waals surface area contributed by atoms with Crippen molar-refractivity contribution in [3.8, 4) is 0 Å². The highest BCUT2D eigenvalue weighted by molar-refractivity contribution is 7.99. The molecular formula is C26H30ClFN2O4S. The van der Waals surface area contributed by atoms with E-state index in [2.05, 4.69) is 5.32 Å². The Bertz CT molecular complexity index is 1130. The van der Waals surface area contributed by atoms with Crippen molar-refractivity contribution in [3.05, 3.63) is 58.4 Å². The molecule has 0 aromatic heterocycles. The van der Waals surface area contributed by atoms with E-state index in [4.69, 9.17) is 16.3 Å². The van der Waals surface area contributed by atoms with Gasteiger partial charge in [-0.05, 0) is 56.5 Å². The first-order valence-corrected chi connectivity index (χ1v) is 12.8. The average molecular weight is 521 g/mol. The quantitative estimate of drug-likeness (QED) is 0.456. The summed E-state index contributed by atoms with van der Waals surface area (Å²) in [7, 11) is 0. The van der Waals surface area contributed by atoms with Gasteiger partial charge >= 0.3 is 6.09 Å². The molecule has 188 valence electrons. The molecule has 1 aliphatic rings. The summed E-state index contributed by atoms with van der Waals surface area (Å²) < 4.78 is 19.5. The van der Waals surface area contributed by atoms with Crippen LogP contribution < -0.4 is 10.2 Å². The van der Waals surface area contributed by atoms with Gasteiger partial charge in [0.25, 0.3) is 5.91 Å². The molecule has 35 heavy (non-hydrogen) atoms. The van der Waals surface area contributed by atoms with Crippen LogP contribution in [0, 0.1) is 11.7 Å². The largest absolute Gasteiger partial charge is 0.444 e. The lowest BCUT2D eigenvalue weighted by molar-refractivity contribution is -0.120. The van der Waals surface area contributed by atoms with Crippen LogP contribution in [0.15, 0.2) is 41.3 Å². The zero-order chi connectivity index (χ0) is 25.9. The number of ether oxygens (including phenoxy) is 1. The van der Waals surface area contributed by atoms with Crippen molar-refractivity contribution in [2.45, 2.75) is 64.1 Å². The summed E-state index contributed by atoms with van der Waals surface area (Å²) in [5.41, 5.74) is 0.836. The maximum atomic E-state index is 14.1. The van der Waals surface area contributed by atoms with Gasteiger partial charge in [-0.15, -0.1) is 11.8 Å². The normalized spacial score (nSPS) is 16.1. The Hall–Kier alpha value is -2.58. The number of benzene rings is 2. The van der Waals surface area contributed by atoms with Crippen LogP contribution in [-0.2, 0) is 16.1 Å². The molecule has 1 N–H and O–H groups in total. The van der Waals surface area contributed by atoms with E-state index in [1.54, 1.807) is 39.0 Å². The average Bonchev–Trinajstić information content (AvgIpc) is 2.86. The summed E-state index contributed by atoms with van der Waals surface area (Å²) in [5, 5.41) is 2.65. The smallest absolute Gasteiger partial charge is 0.408 e. The van der Waals surface area contributed by atoms with E-state index in [1.165, 1.54) is 28.8 Å². The SMILES string of the molecule is CC(C)CC(=O)c1ccc2c(c1)N(Cc1ccc(Cl)c(F)c1)C(=O)[C@@H](NC(=O)OC(C)(C)C)CS2. The fraction of sp³-hybridized carbons (Fsp3) is 0.423. The van der Waals surface area contributed by atoms with Crippen molar-refractivity contribution >= 4 is 46.8 Å². The topological polar surface area (TPSA) is 75.7 Å². The number of rotatable bonds is 6. The zero-order valence-electron chi connectivity index (χ0n) is 20.5. The van der Waals surface area contributed by atoms with Gasteiger partial charge in [-0.3, -0.25) is 9.59 Å². The zero-order valence-corrected chi connectivity index (χ0v) is 22.1. The van der Waals surface area contributed by atoms with Gasteiger partial charge in [-0.1, -0.05) is 37.6 Å². The lowest BCUT2D eigenvalue weighted by atomic mass is 10.0. The highest BCUT2D eigenvalue weighted by atomic mass is 35.5. The van der Waals surface area contributed by atoms with Crippen LogP contribution in [0.5, 0.6) is 0 Å². The van der Waals surface area contributed by atoms with Gasteiger partial charge in [0.1, 0.15) is 17.5 Å². The monoisotopic (exact) mass is 520 g/mol. The summed E-state index contributed by atoms with van der Waals surface area (Å²) in [5.74, 6) is -0.537. The number of thioether (sulfide) groups is 1. The number of carbonyl (C=O) groups is 3. The van der Waals surface area contributed by atoms with Crippen LogP contribution in [-0.4, -0.2) is 35.2 Å². The standard InChI is InChI=1S/C26H30ClFN2O4S/c1-15(2)10-22(31)17-7-9-23-21(12-17)30(13-16-6-8-18(27)19(28)11-16)24(32)20(14-35-23)29-25(33)34-26(3,4)5/h6-9,11-12,15,20H,10,13-14H2,1-5H3,(H,29,33)/t20-/m0/s1. The van der Waals surface area contributed by atoms with E-state index in [0.29, 0.717) is 23.2 Å². The predicted octanol–water partition coefficient (Wildman–Crippen LogP) is 6.24. The number of halogens is 2. The van der Waals surface area contributed by atoms with E-state index in [9.17, 15) is 18.8 Å². The minimum Gasteiger partial charge on any atom is -0.444 e. The Morgan fingerprint density at radius 3 is 2.57 bits per heavy atom. The van der Waals surface area contributed by atoms with Gasteiger partial charge in [0.2, 0.25) is 0 Å². The van der Waals surface area contributed by atoms with Crippen LogP contribution in [0.4, 0.5) is 14.9 Å². The van der Waals surface area contributed by atoms with Crippen LogP contribution in [0.2, 0.25) is 5.02 Å². The summed E-state index contributed by atoms with van der Waals surface area (Å²) in [6, 6.07) is 8.73.